The van der Waals surface area contributed by atoms with Crippen molar-refractivity contribution in [2.24, 2.45) is 0 Å². The summed E-state index contributed by atoms with van der Waals surface area (Å²) < 4.78 is 6.85. The maximum atomic E-state index is 13.1. The van der Waals surface area contributed by atoms with Crippen molar-refractivity contribution in [2.45, 2.75) is 0 Å². The van der Waals surface area contributed by atoms with Crippen LogP contribution in [-0.4, -0.2) is 27.6 Å². The van der Waals surface area contributed by atoms with Crippen molar-refractivity contribution < 1.29 is 9.53 Å². The van der Waals surface area contributed by atoms with Crippen LogP contribution in [0.1, 0.15) is 10.4 Å². The van der Waals surface area contributed by atoms with Gasteiger partial charge in [0.15, 0.2) is 0 Å². The predicted molar refractivity (Wildman–Crippen MR) is 100 cm³/mol. The number of hydrogen-bond acceptors (Lipinski definition) is 5. The maximum absolute atomic E-state index is 13.1. The summed E-state index contributed by atoms with van der Waals surface area (Å²) >= 11 is 0. The van der Waals surface area contributed by atoms with E-state index in [-0.39, 0.29) is 11.9 Å². The van der Waals surface area contributed by atoms with Gasteiger partial charge in [0.1, 0.15) is 5.75 Å². The average Bonchev–Trinajstić information content (AvgIpc) is 3.07. The first-order valence-corrected chi connectivity index (χ1v) is 8.05. The molecule has 0 saturated heterocycles. The minimum absolute atomic E-state index is 0.145. The Hall–Kier alpha value is -3.67. The molecule has 0 bridgehead atoms. The fourth-order valence-corrected chi connectivity index (χ4v) is 2.97. The van der Waals surface area contributed by atoms with E-state index in [1.54, 1.807) is 54.4 Å². The first-order chi connectivity index (χ1) is 12.7. The molecule has 6 heteroatoms. The number of ether oxygens (including phenoxy) is 1. The zero-order valence-corrected chi connectivity index (χ0v) is 14.1. The van der Waals surface area contributed by atoms with E-state index < -0.39 is 0 Å². The highest BCUT2D eigenvalue weighted by molar-refractivity contribution is 6.06. The van der Waals surface area contributed by atoms with Gasteiger partial charge >= 0.3 is 0 Å². The number of hydrogen-bond donors (Lipinski definition) is 1. The molecule has 0 saturated carbocycles. The van der Waals surface area contributed by atoms with E-state index in [1.807, 2.05) is 24.3 Å². The Balaban J connectivity index is 1.89. The van der Waals surface area contributed by atoms with Crippen LogP contribution in [-0.2, 0) is 0 Å². The first-order valence-electron chi connectivity index (χ1n) is 8.05. The number of carbonyl (C=O) groups excluding carboxylic acids is 1. The zero-order valence-electron chi connectivity index (χ0n) is 14.1. The summed E-state index contributed by atoms with van der Waals surface area (Å²) in [5.74, 6) is 0.683. The van der Waals surface area contributed by atoms with E-state index in [2.05, 4.69) is 9.97 Å². The Morgan fingerprint density at radius 2 is 1.96 bits per heavy atom. The molecule has 0 radical (unpaired) electrons. The lowest BCUT2D eigenvalue weighted by Crippen LogP contribution is -2.10. The number of benzene rings is 2. The van der Waals surface area contributed by atoms with Crippen LogP contribution in [0.3, 0.4) is 0 Å². The molecule has 0 spiro atoms. The van der Waals surface area contributed by atoms with Gasteiger partial charge in [0.2, 0.25) is 5.95 Å². The maximum Gasteiger partial charge on any atom is 0.262 e. The fourth-order valence-electron chi connectivity index (χ4n) is 2.97. The normalized spacial score (nSPS) is 10.8. The lowest BCUT2D eigenvalue weighted by atomic mass is 10.1. The quantitative estimate of drug-likeness (QED) is 0.616. The highest BCUT2D eigenvalue weighted by Gasteiger charge is 2.17. The van der Waals surface area contributed by atoms with Crippen LogP contribution in [0.5, 0.6) is 5.75 Å². The van der Waals surface area contributed by atoms with Gasteiger partial charge in [-0.25, -0.2) is 9.97 Å². The molecule has 0 aliphatic rings. The summed E-state index contributed by atoms with van der Waals surface area (Å²) in [6, 6.07) is 16.6. The Bertz CT molecular complexity index is 1120. The molecular weight excluding hydrogens is 328 g/mol. The Labute approximate surface area is 149 Å². The van der Waals surface area contributed by atoms with Gasteiger partial charge < -0.3 is 10.5 Å². The van der Waals surface area contributed by atoms with Gasteiger partial charge in [-0.15, -0.1) is 0 Å². The van der Waals surface area contributed by atoms with Gasteiger partial charge in [-0.3, -0.25) is 9.36 Å². The van der Waals surface area contributed by atoms with E-state index in [1.165, 1.54) is 0 Å². The van der Waals surface area contributed by atoms with Crippen LogP contribution >= 0.6 is 0 Å². The van der Waals surface area contributed by atoms with E-state index in [0.717, 1.165) is 16.5 Å². The largest absolute Gasteiger partial charge is 0.497 e. The van der Waals surface area contributed by atoms with Gasteiger partial charge in [-0.1, -0.05) is 24.3 Å². The molecular formula is C20H16N4O2. The number of nitrogens with zero attached hydrogens (tertiary/aromatic N) is 3. The van der Waals surface area contributed by atoms with Gasteiger partial charge in [0, 0.05) is 28.9 Å². The van der Waals surface area contributed by atoms with Crippen LogP contribution in [0.25, 0.3) is 22.2 Å². The second kappa shape index (κ2) is 6.33. The van der Waals surface area contributed by atoms with Gasteiger partial charge in [-0.2, -0.15) is 0 Å². The van der Waals surface area contributed by atoms with E-state index in [0.29, 0.717) is 17.0 Å². The number of methoxy groups -OCH3 is 1. The van der Waals surface area contributed by atoms with E-state index in [9.17, 15) is 4.79 Å². The van der Waals surface area contributed by atoms with Crippen molar-refractivity contribution >= 4 is 22.8 Å². The summed E-state index contributed by atoms with van der Waals surface area (Å²) in [6.45, 7) is 0. The molecule has 0 atom stereocenters. The summed E-state index contributed by atoms with van der Waals surface area (Å²) in [6.07, 6.45) is 3.39. The smallest absolute Gasteiger partial charge is 0.262 e. The highest BCUT2D eigenvalue weighted by atomic mass is 16.5. The topological polar surface area (TPSA) is 83.0 Å². The number of aromatic nitrogens is 3. The van der Waals surface area contributed by atoms with Crippen molar-refractivity contribution in [3.8, 4) is 17.0 Å². The number of nitrogens with two attached hydrogens (primary N) is 1. The average molecular weight is 344 g/mol. The second-order valence-corrected chi connectivity index (χ2v) is 5.77. The van der Waals surface area contributed by atoms with Crippen molar-refractivity contribution in [3.05, 3.63) is 72.6 Å². The SMILES string of the molecule is COc1cccc(C(=O)n2cc(-c3ccnc(N)n3)c3ccccc32)c1. The van der Waals surface area contributed by atoms with Crippen LogP contribution < -0.4 is 10.5 Å². The van der Waals surface area contributed by atoms with Gasteiger partial charge in [0.05, 0.1) is 18.3 Å². The minimum Gasteiger partial charge on any atom is -0.497 e. The number of fused-ring (bicyclic) bond motifs is 1. The van der Waals surface area contributed by atoms with Gasteiger partial charge in [0.25, 0.3) is 5.91 Å². The summed E-state index contributed by atoms with van der Waals surface area (Å²) in [5, 5.41) is 0.918. The highest BCUT2D eigenvalue weighted by Crippen LogP contribution is 2.30. The Morgan fingerprint density at radius 1 is 1.12 bits per heavy atom. The third-order valence-electron chi connectivity index (χ3n) is 4.20. The summed E-state index contributed by atoms with van der Waals surface area (Å²) in [4.78, 5) is 21.3. The Morgan fingerprint density at radius 3 is 2.77 bits per heavy atom. The molecule has 4 rings (SSSR count). The summed E-state index contributed by atoms with van der Waals surface area (Å²) in [7, 11) is 1.58. The molecule has 0 aliphatic heterocycles. The molecule has 0 fully saturated rings. The number of nitrogen functional groups attached to an aromatic ring is 1. The molecule has 4 aromatic rings. The molecule has 2 N–H and O–H groups in total. The second-order valence-electron chi connectivity index (χ2n) is 5.77. The molecule has 0 aliphatic carbocycles. The van der Waals surface area contributed by atoms with Crippen molar-refractivity contribution in [1.29, 1.82) is 0 Å². The van der Waals surface area contributed by atoms with Crippen molar-refractivity contribution in [1.82, 2.24) is 14.5 Å². The van der Waals surface area contributed by atoms with E-state index >= 15 is 0 Å². The van der Waals surface area contributed by atoms with Gasteiger partial charge in [-0.05, 0) is 30.3 Å². The molecule has 2 aromatic heterocycles. The predicted octanol–water partition coefficient (Wildman–Crippen LogP) is 3.38. The molecule has 0 amide bonds. The zero-order chi connectivity index (χ0) is 18.1. The third kappa shape index (κ3) is 2.67. The van der Waals surface area contributed by atoms with Crippen molar-refractivity contribution in [2.75, 3.05) is 12.8 Å². The lowest BCUT2D eigenvalue weighted by Gasteiger charge is -2.06. The fraction of sp³-hybridized carbons (Fsp3) is 0.0500. The molecule has 26 heavy (non-hydrogen) atoms. The first kappa shape index (κ1) is 15.8. The van der Waals surface area contributed by atoms with E-state index in [4.69, 9.17) is 10.5 Å². The summed E-state index contributed by atoms with van der Waals surface area (Å²) in [5.41, 5.74) is 8.56. The number of anilines is 1. The molecule has 2 aromatic carbocycles. The standard InChI is InChI=1S/C20H16N4O2/c1-26-14-6-4-5-13(11-14)19(25)24-12-16(15-7-2-3-8-18(15)24)17-9-10-22-20(21)23-17/h2-12H,1H3,(H2,21,22,23). The number of rotatable bonds is 3. The molecule has 6 nitrogen and oxygen atoms in total. The monoisotopic (exact) mass is 344 g/mol. The third-order valence-corrected chi connectivity index (χ3v) is 4.20. The van der Waals surface area contributed by atoms with Crippen LogP contribution in [0.15, 0.2) is 67.0 Å². The van der Waals surface area contributed by atoms with Crippen molar-refractivity contribution in [3.63, 3.8) is 0 Å². The minimum atomic E-state index is -0.145. The number of carbonyl (C=O) groups is 1. The lowest BCUT2D eigenvalue weighted by molar-refractivity contribution is 0.0964. The van der Waals surface area contributed by atoms with Crippen LogP contribution in [0.2, 0.25) is 0 Å². The molecule has 128 valence electrons. The Kier molecular flexibility index (Phi) is 3.85. The molecule has 2 heterocycles. The number of para-hydroxylation sites is 1. The molecule has 0 unspecified atom stereocenters. The van der Waals surface area contributed by atoms with Crippen LogP contribution in [0.4, 0.5) is 5.95 Å². The van der Waals surface area contributed by atoms with Crippen LogP contribution in [0, 0.1) is 0 Å².